The van der Waals surface area contributed by atoms with Crippen LogP contribution in [0.5, 0.6) is 5.75 Å². The van der Waals surface area contributed by atoms with E-state index in [4.69, 9.17) is 0 Å². The summed E-state index contributed by atoms with van der Waals surface area (Å²) in [6, 6.07) is 3.71. The average molecular weight is 407 g/mol. The number of anilines is 1. The van der Waals surface area contributed by atoms with Crippen molar-refractivity contribution in [3.63, 3.8) is 0 Å². The maximum absolute atomic E-state index is 12.7. The first-order chi connectivity index (χ1) is 11.4. The summed E-state index contributed by atoms with van der Waals surface area (Å²) < 4.78 is 0.883. The van der Waals surface area contributed by atoms with Crippen molar-refractivity contribution in [1.29, 1.82) is 0 Å². The summed E-state index contributed by atoms with van der Waals surface area (Å²) in [6.07, 6.45) is 2.74. The van der Waals surface area contributed by atoms with Gasteiger partial charge in [-0.05, 0) is 55.4 Å². The Hall–Kier alpha value is -1.53. The fourth-order valence-electron chi connectivity index (χ4n) is 3.60. The highest BCUT2D eigenvalue weighted by molar-refractivity contribution is 9.10. The number of aryl methyl sites for hydroxylation is 1. The SMILES string of the molecule is Cc1cc(Br)cc(C2NC(=O)c3c(sc4c3CCC(C)C4)N2)c1O. The molecule has 0 fully saturated rings. The van der Waals surface area contributed by atoms with Crippen molar-refractivity contribution in [2.45, 2.75) is 39.3 Å². The Morgan fingerprint density at radius 2 is 2.12 bits per heavy atom. The number of fused-ring (bicyclic) bond motifs is 3. The Morgan fingerprint density at radius 3 is 2.92 bits per heavy atom. The summed E-state index contributed by atoms with van der Waals surface area (Å²) in [5, 5.41) is 17.8. The molecule has 2 aliphatic rings. The summed E-state index contributed by atoms with van der Waals surface area (Å²) in [5.74, 6) is 0.848. The summed E-state index contributed by atoms with van der Waals surface area (Å²) in [5.41, 5.74) is 3.48. The zero-order valence-corrected chi connectivity index (χ0v) is 16.0. The molecule has 2 heterocycles. The molecule has 126 valence electrons. The molecule has 24 heavy (non-hydrogen) atoms. The lowest BCUT2D eigenvalue weighted by atomic mass is 9.88. The number of phenolic OH excluding ortho intramolecular Hbond substituents is 1. The molecule has 1 aromatic heterocycles. The van der Waals surface area contributed by atoms with E-state index in [0.717, 1.165) is 39.9 Å². The zero-order chi connectivity index (χ0) is 17.0. The second kappa shape index (κ2) is 5.77. The Bertz CT molecular complexity index is 846. The number of phenols is 1. The maximum Gasteiger partial charge on any atom is 0.256 e. The van der Waals surface area contributed by atoms with Crippen molar-refractivity contribution in [3.05, 3.63) is 43.7 Å². The molecule has 6 heteroatoms. The molecule has 4 rings (SSSR count). The molecule has 0 radical (unpaired) electrons. The average Bonchev–Trinajstić information content (AvgIpc) is 2.88. The lowest BCUT2D eigenvalue weighted by molar-refractivity contribution is 0.0935. The molecule has 2 atom stereocenters. The van der Waals surface area contributed by atoms with Gasteiger partial charge in [0.25, 0.3) is 5.91 Å². The quantitative estimate of drug-likeness (QED) is 0.652. The summed E-state index contributed by atoms with van der Waals surface area (Å²) in [6.45, 7) is 4.12. The third-order valence-electron chi connectivity index (χ3n) is 4.90. The first kappa shape index (κ1) is 16.0. The second-order valence-electron chi connectivity index (χ2n) is 6.77. The van der Waals surface area contributed by atoms with Crippen LogP contribution in [0.25, 0.3) is 0 Å². The number of aromatic hydroxyl groups is 1. The molecule has 4 nitrogen and oxygen atoms in total. The standard InChI is InChI=1S/C18H19BrN2O2S/c1-8-3-4-11-13(5-8)24-18-14(11)17(23)20-16(21-18)12-7-10(19)6-9(2)15(12)22/h6-8,16,21-22H,3-5H2,1-2H3,(H,20,23). The molecule has 0 saturated carbocycles. The molecule has 1 aromatic carbocycles. The van der Waals surface area contributed by atoms with E-state index in [1.54, 1.807) is 11.3 Å². The van der Waals surface area contributed by atoms with Crippen molar-refractivity contribution in [1.82, 2.24) is 5.32 Å². The maximum atomic E-state index is 12.7. The number of halogens is 1. The normalized spacial score (nSPS) is 22.4. The van der Waals surface area contributed by atoms with Crippen LogP contribution in [0.3, 0.4) is 0 Å². The van der Waals surface area contributed by atoms with Gasteiger partial charge < -0.3 is 15.7 Å². The van der Waals surface area contributed by atoms with E-state index in [1.807, 2.05) is 19.1 Å². The molecule has 1 aliphatic carbocycles. The lowest BCUT2D eigenvalue weighted by Crippen LogP contribution is -2.38. The largest absolute Gasteiger partial charge is 0.507 e. The van der Waals surface area contributed by atoms with E-state index in [9.17, 15) is 9.90 Å². The number of thiophene rings is 1. The number of carbonyl (C=O) groups is 1. The number of nitrogens with one attached hydrogen (secondary N) is 2. The predicted octanol–water partition coefficient (Wildman–Crippen LogP) is 4.50. The van der Waals surface area contributed by atoms with E-state index in [2.05, 4.69) is 33.5 Å². The minimum atomic E-state index is -0.418. The Morgan fingerprint density at radius 1 is 1.33 bits per heavy atom. The number of hydrogen-bond donors (Lipinski definition) is 3. The van der Waals surface area contributed by atoms with Crippen LogP contribution in [0, 0.1) is 12.8 Å². The van der Waals surface area contributed by atoms with E-state index in [-0.39, 0.29) is 11.7 Å². The van der Waals surface area contributed by atoms with Crippen LogP contribution < -0.4 is 10.6 Å². The molecule has 2 aromatic rings. The van der Waals surface area contributed by atoms with Crippen LogP contribution in [0.15, 0.2) is 16.6 Å². The Labute approximate surface area is 153 Å². The van der Waals surface area contributed by atoms with Crippen LogP contribution in [0.1, 0.15) is 51.4 Å². The molecular formula is C18H19BrN2O2S. The minimum Gasteiger partial charge on any atom is -0.507 e. The monoisotopic (exact) mass is 406 g/mol. The van der Waals surface area contributed by atoms with Gasteiger partial charge in [-0.1, -0.05) is 22.9 Å². The van der Waals surface area contributed by atoms with E-state index in [0.29, 0.717) is 11.5 Å². The van der Waals surface area contributed by atoms with Gasteiger partial charge in [0, 0.05) is 14.9 Å². The van der Waals surface area contributed by atoms with E-state index < -0.39 is 6.17 Å². The van der Waals surface area contributed by atoms with Gasteiger partial charge in [-0.25, -0.2) is 0 Å². The highest BCUT2D eigenvalue weighted by Crippen LogP contribution is 2.43. The molecule has 0 bridgehead atoms. The summed E-state index contributed by atoms with van der Waals surface area (Å²) in [7, 11) is 0. The molecule has 0 saturated heterocycles. The number of amides is 1. The first-order valence-electron chi connectivity index (χ1n) is 8.15. The smallest absolute Gasteiger partial charge is 0.256 e. The van der Waals surface area contributed by atoms with E-state index >= 15 is 0 Å². The number of benzene rings is 1. The van der Waals surface area contributed by atoms with Gasteiger partial charge in [0.2, 0.25) is 0 Å². The van der Waals surface area contributed by atoms with Crippen LogP contribution >= 0.6 is 27.3 Å². The molecule has 3 N–H and O–H groups in total. The van der Waals surface area contributed by atoms with Crippen LogP contribution in [0.2, 0.25) is 0 Å². The fraction of sp³-hybridized carbons (Fsp3) is 0.389. The highest BCUT2D eigenvalue weighted by atomic mass is 79.9. The van der Waals surface area contributed by atoms with Gasteiger partial charge in [0.05, 0.1) is 5.56 Å². The number of rotatable bonds is 1. The second-order valence-corrected chi connectivity index (χ2v) is 8.79. The molecule has 2 unspecified atom stereocenters. The number of carbonyl (C=O) groups excluding carboxylic acids is 1. The van der Waals surface area contributed by atoms with Crippen LogP contribution in [-0.2, 0) is 12.8 Å². The summed E-state index contributed by atoms with van der Waals surface area (Å²) >= 11 is 5.16. The van der Waals surface area contributed by atoms with E-state index in [1.165, 1.54) is 10.4 Å². The van der Waals surface area contributed by atoms with Crippen molar-refractivity contribution >= 4 is 38.2 Å². The van der Waals surface area contributed by atoms with Gasteiger partial charge >= 0.3 is 0 Å². The molecule has 1 aliphatic heterocycles. The van der Waals surface area contributed by atoms with Crippen molar-refractivity contribution in [2.24, 2.45) is 5.92 Å². The highest BCUT2D eigenvalue weighted by Gasteiger charge is 2.34. The van der Waals surface area contributed by atoms with Gasteiger partial charge in [0.15, 0.2) is 0 Å². The zero-order valence-electron chi connectivity index (χ0n) is 13.6. The van der Waals surface area contributed by atoms with Crippen LogP contribution in [0.4, 0.5) is 5.00 Å². The topological polar surface area (TPSA) is 61.4 Å². The summed E-state index contributed by atoms with van der Waals surface area (Å²) in [4.78, 5) is 14.1. The Kier molecular flexibility index (Phi) is 3.84. The molecule has 0 spiro atoms. The van der Waals surface area contributed by atoms with Crippen LogP contribution in [-0.4, -0.2) is 11.0 Å². The third kappa shape index (κ3) is 2.52. The van der Waals surface area contributed by atoms with Crippen molar-refractivity contribution in [2.75, 3.05) is 5.32 Å². The third-order valence-corrected chi connectivity index (χ3v) is 6.54. The van der Waals surface area contributed by atoms with Crippen molar-refractivity contribution < 1.29 is 9.90 Å². The minimum absolute atomic E-state index is 0.0437. The van der Waals surface area contributed by atoms with Gasteiger partial charge in [0.1, 0.15) is 16.9 Å². The fourth-order valence-corrected chi connectivity index (χ4v) is 5.63. The molecular weight excluding hydrogens is 388 g/mol. The number of hydrogen-bond acceptors (Lipinski definition) is 4. The van der Waals surface area contributed by atoms with Gasteiger partial charge in [-0.3, -0.25) is 4.79 Å². The van der Waals surface area contributed by atoms with Crippen molar-refractivity contribution in [3.8, 4) is 5.75 Å². The van der Waals surface area contributed by atoms with Gasteiger partial charge in [-0.15, -0.1) is 11.3 Å². The molecule has 1 amide bonds. The first-order valence-corrected chi connectivity index (χ1v) is 9.76. The lowest BCUT2D eigenvalue weighted by Gasteiger charge is -2.28. The van der Waals surface area contributed by atoms with Gasteiger partial charge in [-0.2, -0.15) is 0 Å². The Balaban J connectivity index is 1.74. The predicted molar refractivity (Wildman–Crippen MR) is 99.9 cm³/mol.